The molecule has 5 rings (SSSR count). The van der Waals surface area contributed by atoms with Gasteiger partial charge in [0.05, 0.1) is 26.7 Å². The molecular formula is C24H24N2O3S. The number of hydrogen-bond acceptors (Lipinski definition) is 6. The molecule has 0 amide bonds. The number of phenolic OH excluding ortho intramolecular Hbond substituents is 1. The zero-order chi connectivity index (χ0) is 20.8. The number of thiazole rings is 1. The van der Waals surface area contributed by atoms with Gasteiger partial charge in [-0.15, -0.1) is 11.3 Å². The number of aromatic hydroxyl groups is 1. The van der Waals surface area contributed by atoms with Crippen LogP contribution in [0.25, 0.3) is 31.8 Å². The van der Waals surface area contributed by atoms with Crippen molar-refractivity contribution in [3.63, 3.8) is 0 Å². The number of fused-ring (bicyclic) bond motifs is 2. The zero-order valence-corrected chi connectivity index (χ0v) is 18.0. The number of likely N-dealkylation sites (tertiary alicyclic amines) is 1. The minimum absolute atomic E-state index is 0.0923. The lowest BCUT2D eigenvalue weighted by atomic mass is 10.0. The fourth-order valence-corrected chi connectivity index (χ4v) is 5.48. The maximum Gasteiger partial charge on any atom is 0.203 e. The Bertz CT molecular complexity index is 1320. The molecular weight excluding hydrogens is 396 g/mol. The van der Waals surface area contributed by atoms with Gasteiger partial charge in [0.1, 0.15) is 22.1 Å². The molecule has 154 valence electrons. The lowest BCUT2D eigenvalue weighted by molar-refractivity contribution is 0.218. The Hall–Kier alpha value is -2.70. The summed E-state index contributed by atoms with van der Waals surface area (Å²) in [5.41, 5.74) is 3.62. The van der Waals surface area contributed by atoms with Crippen LogP contribution in [0, 0.1) is 13.8 Å². The summed E-state index contributed by atoms with van der Waals surface area (Å²) in [6.45, 7) is 6.43. The summed E-state index contributed by atoms with van der Waals surface area (Å²) >= 11 is 1.51. The molecule has 5 nitrogen and oxygen atoms in total. The summed E-state index contributed by atoms with van der Waals surface area (Å²) in [6.07, 6.45) is 3.57. The number of aromatic nitrogens is 1. The predicted octanol–water partition coefficient (Wildman–Crippen LogP) is 5.38. The first-order chi connectivity index (χ1) is 14.5. The smallest absolute Gasteiger partial charge is 0.203 e. The first-order valence-corrected chi connectivity index (χ1v) is 11.2. The minimum Gasteiger partial charge on any atom is -0.507 e. The van der Waals surface area contributed by atoms with Crippen LogP contribution in [0.15, 0.2) is 39.5 Å². The van der Waals surface area contributed by atoms with Gasteiger partial charge in [0.2, 0.25) is 5.43 Å². The van der Waals surface area contributed by atoms with Crippen LogP contribution < -0.4 is 5.43 Å². The van der Waals surface area contributed by atoms with Gasteiger partial charge in [-0.25, -0.2) is 4.98 Å². The number of para-hydroxylation sites is 1. The summed E-state index contributed by atoms with van der Waals surface area (Å²) in [6, 6.07) is 9.33. The minimum atomic E-state index is -0.0923. The van der Waals surface area contributed by atoms with E-state index in [-0.39, 0.29) is 11.2 Å². The summed E-state index contributed by atoms with van der Waals surface area (Å²) in [5, 5.41) is 11.7. The molecule has 0 saturated carbocycles. The number of phenols is 1. The van der Waals surface area contributed by atoms with Crippen molar-refractivity contribution >= 4 is 32.5 Å². The molecule has 2 aromatic heterocycles. The number of hydrogen-bond donors (Lipinski definition) is 1. The fourth-order valence-electron chi connectivity index (χ4n) is 4.35. The van der Waals surface area contributed by atoms with E-state index in [2.05, 4.69) is 4.90 Å². The van der Waals surface area contributed by atoms with E-state index in [4.69, 9.17) is 9.40 Å². The van der Waals surface area contributed by atoms with E-state index < -0.39 is 0 Å². The Morgan fingerprint density at radius 1 is 1.13 bits per heavy atom. The van der Waals surface area contributed by atoms with Crippen LogP contribution in [0.2, 0.25) is 0 Å². The van der Waals surface area contributed by atoms with Gasteiger partial charge < -0.3 is 9.52 Å². The average molecular weight is 421 g/mol. The fraction of sp³-hybridized carbons (Fsp3) is 0.333. The normalized spacial score (nSPS) is 15.3. The van der Waals surface area contributed by atoms with E-state index in [9.17, 15) is 9.90 Å². The van der Waals surface area contributed by atoms with Crippen molar-refractivity contribution in [3.05, 3.63) is 57.4 Å². The van der Waals surface area contributed by atoms with Crippen LogP contribution in [0.4, 0.5) is 0 Å². The van der Waals surface area contributed by atoms with Crippen LogP contribution in [-0.4, -0.2) is 28.1 Å². The number of aryl methyl sites for hydroxylation is 2. The summed E-state index contributed by atoms with van der Waals surface area (Å²) in [5.74, 6) is 0.716. The topological polar surface area (TPSA) is 66.6 Å². The largest absolute Gasteiger partial charge is 0.507 e. The molecule has 2 aromatic carbocycles. The molecule has 1 saturated heterocycles. The molecule has 6 heteroatoms. The van der Waals surface area contributed by atoms with Gasteiger partial charge in [-0.05, 0) is 63.5 Å². The lowest BCUT2D eigenvalue weighted by Gasteiger charge is -2.26. The summed E-state index contributed by atoms with van der Waals surface area (Å²) in [7, 11) is 0. The van der Waals surface area contributed by atoms with E-state index in [1.54, 1.807) is 12.1 Å². The zero-order valence-electron chi connectivity index (χ0n) is 17.2. The molecule has 0 atom stereocenters. The Morgan fingerprint density at radius 2 is 1.93 bits per heavy atom. The third kappa shape index (κ3) is 3.20. The van der Waals surface area contributed by atoms with Crippen molar-refractivity contribution in [1.82, 2.24) is 9.88 Å². The van der Waals surface area contributed by atoms with Crippen LogP contribution in [0.1, 0.15) is 36.1 Å². The van der Waals surface area contributed by atoms with E-state index in [0.717, 1.165) is 41.7 Å². The van der Waals surface area contributed by atoms with Gasteiger partial charge in [-0.1, -0.05) is 18.6 Å². The molecule has 30 heavy (non-hydrogen) atoms. The second-order valence-corrected chi connectivity index (χ2v) is 9.11. The van der Waals surface area contributed by atoms with Crippen LogP contribution in [0.3, 0.4) is 0 Å². The molecule has 0 aliphatic carbocycles. The Labute approximate surface area is 178 Å². The number of piperidine rings is 1. The van der Waals surface area contributed by atoms with Gasteiger partial charge in [0, 0.05) is 6.54 Å². The molecule has 1 N–H and O–H groups in total. The molecule has 0 spiro atoms. The molecule has 3 heterocycles. The van der Waals surface area contributed by atoms with Crippen LogP contribution in [-0.2, 0) is 6.54 Å². The van der Waals surface area contributed by atoms with Crippen molar-refractivity contribution in [1.29, 1.82) is 0 Å². The highest BCUT2D eigenvalue weighted by Gasteiger charge is 2.22. The number of rotatable bonds is 3. The average Bonchev–Trinajstić information content (AvgIpc) is 3.16. The highest BCUT2D eigenvalue weighted by molar-refractivity contribution is 7.21. The van der Waals surface area contributed by atoms with Gasteiger partial charge in [-0.3, -0.25) is 9.69 Å². The SMILES string of the molecule is Cc1oc2c(CN3CCCCC3)c(O)ccc2c(=O)c1-c1nc2c(C)cccc2s1. The first kappa shape index (κ1) is 19.3. The summed E-state index contributed by atoms with van der Waals surface area (Å²) in [4.78, 5) is 20.5. The first-order valence-electron chi connectivity index (χ1n) is 10.4. The summed E-state index contributed by atoms with van der Waals surface area (Å²) < 4.78 is 7.24. The van der Waals surface area contributed by atoms with Crippen LogP contribution >= 0.6 is 11.3 Å². The standard InChI is InChI=1S/C24H24N2O3S/c1-14-7-6-8-19-21(14)25-24(30-19)20-15(2)29-23-16(22(20)28)9-10-18(27)17(23)13-26-11-4-3-5-12-26/h6-10,27H,3-5,11-13H2,1-2H3. The number of benzene rings is 2. The molecule has 1 aliphatic rings. The van der Waals surface area contributed by atoms with Crippen molar-refractivity contribution in [2.45, 2.75) is 39.7 Å². The van der Waals surface area contributed by atoms with Crippen molar-refractivity contribution in [2.75, 3.05) is 13.1 Å². The van der Waals surface area contributed by atoms with Crippen molar-refractivity contribution < 1.29 is 9.52 Å². The third-order valence-corrected chi connectivity index (χ3v) is 7.02. The monoisotopic (exact) mass is 420 g/mol. The molecule has 0 bridgehead atoms. The second kappa shape index (κ2) is 7.52. The van der Waals surface area contributed by atoms with Gasteiger partial charge >= 0.3 is 0 Å². The van der Waals surface area contributed by atoms with E-state index in [0.29, 0.717) is 39.4 Å². The van der Waals surface area contributed by atoms with E-state index >= 15 is 0 Å². The van der Waals surface area contributed by atoms with E-state index in [1.807, 2.05) is 32.0 Å². The maximum atomic E-state index is 13.5. The van der Waals surface area contributed by atoms with Gasteiger partial charge in [-0.2, -0.15) is 0 Å². The Morgan fingerprint density at radius 3 is 2.70 bits per heavy atom. The molecule has 0 unspecified atom stereocenters. The molecule has 1 aliphatic heterocycles. The Balaban J connectivity index is 1.67. The van der Waals surface area contributed by atoms with Gasteiger partial charge in [0.25, 0.3) is 0 Å². The predicted molar refractivity (Wildman–Crippen MR) is 121 cm³/mol. The molecule has 0 radical (unpaired) electrons. The second-order valence-electron chi connectivity index (χ2n) is 8.08. The van der Waals surface area contributed by atoms with Crippen molar-refractivity contribution in [3.8, 4) is 16.3 Å². The van der Waals surface area contributed by atoms with E-state index in [1.165, 1.54) is 17.8 Å². The lowest BCUT2D eigenvalue weighted by Crippen LogP contribution is -2.29. The van der Waals surface area contributed by atoms with Crippen molar-refractivity contribution in [2.24, 2.45) is 0 Å². The number of nitrogens with zero attached hydrogens (tertiary/aromatic N) is 2. The highest BCUT2D eigenvalue weighted by atomic mass is 32.1. The van der Waals surface area contributed by atoms with Gasteiger partial charge in [0.15, 0.2) is 0 Å². The van der Waals surface area contributed by atoms with Crippen LogP contribution in [0.5, 0.6) is 5.75 Å². The molecule has 1 fully saturated rings. The highest BCUT2D eigenvalue weighted by Crippen LogP contribution is 2.35. The molecule has 4 aromatic rings. The third-order valence-electron chi connectivity index (χ3n) is 5.98. The quantitative estimate of drug-likeness (QED) is 0.482. The maximum absolute atomic E-state index is 13.5. The Kier molecular flexibility index (Phi) is 4.83.